The van der Waals surface area contributed by atoms with Gasteiger partial charge in [-0.15, -0.1) is 0 Å². The van der Waals surface area contributed by atoms with Gasteiger partial charge in [0.25, 0.3) is 0 Å². The summed E-state index contributed by atoms with van der Waals surface area (Å²) in [7, 11) is 0. The van der Waals surface area contributed by atoms with Crippen LogP contribution in [0.2, 0.25) is 0 Å². The molecular weight excluding hydrogens is 226 g/mol. The van der Waals surface area contributed by atoms with Crippen LogP contribution in [-0.4, -0.2) is 37.0 Å². The first-order valence-electron chi connectivity index (χ1n) is 7.75. The standard InChI is InChI=1S/C15H31NO2/c1-3-5-13(7-9-17)12-16-14-8-10-18-15(11-14)6-4-2/h13-17H,3-12H2,1-2H3. The Labute approximate surface area is 112 Å². The van der Waals surface area contributed by atoms with Gasteiger partial charge in [0.15, 0.2) is 0 Å². The number of aliphatic hydroxyl groups is 1. The van der Waals surface area contributed by atoms with Crippen LogP contribution < -0.4 is 5.32 Å². The smallest absolute Gasteiger partial charge is 0.0589 e. The highest BCUT2D eigenvalue weighted by atomic mass is 16.5. The van der Waals surface area contributed by atoms with Gasteiger partial charge < -0.3 is 15.2 Å². The van der Waals surface area contributed by atoms with Crippen molar-refractivity contribution in [1.82, 2.24) is 5.32 Å². The van der Waals surface area contributed by atoms with Gasteiger partial charge in [0.05, 0.1) is 6.10 Å². The first-order valence-corrected chi connectivity index (χ1v) is 7.75. The van der Waals surface area contributed by atoms with Crippen molar-refractivity contribution in [2.24, 2.45) is 5.92 Å². The molecular formula is C15H31NO2. The monoisotopic (exact) mass is 257 g/mol. The second-order valence-corrected chi connectivity index (χ2v) is 5.58. The maximum absolute atomic E-state index is 9.06. The minimum Gasteiger partial charge on any atom is -0.396 e. The first kappa shape index (κ1) is 15.9. The van der Waals surface area contributed by atoms with Crippen LogP contribution in [-0.2, 0) is 4.74 Å². The third kappa shape index (κ3) is 6.17. The predicted octanol–water partition coefficient (Wildman–Crippen LogP) is 2.72. The molecule has 1 fully saturated rings. The average Bonchev–Trinajstić information content (AvgIpc) is 2.37. The molecule has 1 heterocycles. The van der Waals surface area contributed by atoms with Crippen LogP contribution in [0.15, 0.2) is 0 Å². The molecule has 0 radical (unpaired) electrons. The summed E-state index contributed by atoms with van der Waals surface area (Å²) in [6.45, 7) is 6.71. The largest absolute Gasteiger partial charge is 0.396 e. The van der Waals surface area contributed by atoms with Crippen LogP contribution in [0.4, 0.5) is 0 Å². The van der Waals surface area contributed by atoms with E-state index in [4.69, 9.17) is 9.84 Å². The van der Waals surface area contributed by atoms with Crippen LogP contribution in [0.1, 0.15) is 58.8 Å². The minimum absolute atomic E-state index is 0.318. The van der Waals surface area contributed by atoms with Crippen molar-refractivity contribution >= 4 is 0 Å². The molecule has 0 aromatic heterocycles. The van der Waals surface area contributed by atoms with Gasteiger partial charge in [0, 0.05) is 19.3 Å². The molecule has 0 aromatic carbocycles. The number of rotatable bonds is 9. The number of nitrogens with one attached hydrogen (secondary N) is 1. The number of aliphatic hydroxyl groups excluding tert-OH is 1. The number of ether oxygens (including phenoxy) is 1. The molecule has 3 atom stereocenters. The van der Waals surface area contributed by atoms with Crippen molar-refractivity contribution in [1.29, 1.82) is 0 Å². The Morgan fingerprint density at radius 3 is 2.78 bits per heavy atom. The molecule has 1 saturated heterocycles. The van der Waals surface area contributed by atoms with E-state index in [-0.39, 0.29) is 0 Å². The predicted molar refractivity (Wildman–Crippen MR) is 75.8 cm³/mol. The second kappa shape index (κ2) is 9.76. The molecule has 3 heteroatoms. The van der Waals surface area contributed by atoms with E-state index in [9.17, 15) is 0 Å². The zero-order valence-corrected chi connectivity index (χ0v) is 12.2. The van der Waals surface area contributed by atoms with Crippen LogP contribution in [0, 0.1) is 5.92 Å². The Bertz CT molecular complexity index is 191. The van der Waals surface area contributed by atoms with E-state index in [2.05, 4.69) is 19.2 Å². The quantitative estimate of drug-likeness (QED) is 0.667. The lowest BCUT2D eigenvalue weighted by Crippen LogP contribution is -2.41. The van der Waals surface area contributed by atoms with E-state index in [0.29, 0.717) is 24.7 Å². The summed E-state index contributed by atoms with van der Waals surface area (Å²) in [4.78, 5) is 0. The lowest BCUT2D eigenvalue weighted by atomic mass is 9.97. The zero-order chi connectivity index (χ0) is 13.2. The van der Waals surface area contributed by atoms with E-state index in [1.165, 1.54) is 25.7 Å². The molecule has 0 amide bonds. The maximum atomic E-state index is 9.06. The van der Waals surface area contributed by atoms with Gasteiger partial charge in [0.1, 0.15) is 0 Å². The molecule has 0 aromatic rings. The Balaban J connectivity index is 2.23. The highest BCUT2D eigenvalue weighted by molar-refractivity contribution is 4.77. The fourth-order valence-electron chi connectivity index (χ4n) is 2.86. The molecule has 0 bridgehead atoms. The van der Waals surface area contributed by atoms with E-state index in [1.54, 1.807) is 0 Å². The maximum Gasteiger partial charge on any atom is 0.0589 e. The topological polar surface area (TPSA) is 41.5 Å². The summed E-state index contributed by atoms with van der Waals surface area (Å²) in [6.07, 6.45) is 8.51. The van der Waals surface area contributed by atoms with Crippen molar-refractivity contribution < 1.29 is 9.84 Å². The van der Waals surface area contributed by atoms with Crippen molar-refractivity contribution in [2.45, 2.75) is 70.9 Å². The van der Waals surface area contributed by atoms with Crippen molar-refractivity contribution in [3.05, 3.63) is 0 Å². The van der Waals surface area contributed by atoms with Crippen molar-refractivity contribution in [3.8, 4) is 0 Å². The molecule has 2 N–H and O–H groups in total. The molecule has 18 heavy (non-hydrogen) atoms. The number of hydrogen-bond donors (Lipinski definition) is 2. The van der Waals surface area contributed by atoms with Crippen LogP contribution in [0.25, 0.3) is 0 Å². The third-order valence-corrected chi connectivity index (χ3v) is 3.91. The molecule has 0 aliphatic carbocycles. The van der Waals surface area contributed by atoms with Crippen molar-refractivity contribution in [3.63, 3.8) is 0 Å². The van der Waals surface area contributed by atoms with Crippen LogP contribution in [0.3, 0.4) is 0 Å². The van der Waals surface area contributed by atoms with Gasteiger partial charge in [-0.25, -0.2) is 0 Å². The Hall–Kier alpha value is -0.120. The van der Waals surface area contributed by atoms with E-state index < -0.39 is 0 Å². The SMILES string of the molecule is CCCC(CCO)CNC1CCOC(CCC)C1. The summed E-state index contributed by atoms with van der Waals surface area (Å²) >= 11 is 0. The minimum atomic E-state index is 0.318. The van der Waals surface area contributed by atoms with Gasteiger partial charge in [-0.05, 0) is 44.6 Å². The molecule has 108 valence electrons. The molecule has 3 nitrogen and oxygen atoms in total. The lowest BCUT2D eigenvalue weighted by Gasteiger charge is -2.31. The Morgan fingerprint density at radius 2 is 2.11 bits per heavy atom. The van der Waals surface area contributed by atoms with Gasteiger partial charge >= 0.3 is 0 Å². The summed E-state index contributed by atoms with van der Waals surface area (Å²) in [5, 5.41) is 12.8. The summed E-state index contributed by atoms with van der Waals surface area (Å²) in [5.41, 5.74) is 0. The van der Waals surface area contributed by atoms with Gasteiger partial charge in [-0.3, -0.25) is 0 Å². The Kier molecular flexibility index (Phi) is 8.64. The third-order valence-electron chi connectivity index (χ3n) is 3.91. The zero-order valence-electron chi connectivity index (χ0n) is 12.2. The molecule has 1 aliphatic heterocycles. The van der Waals surface area contributed by atoms with Crippen LogP contribution >= 0.6 is 0 Å². The average molecular weight is 257 g/mol. The molecule has 1 rings (SSSR count). The highest BCUT2D eigenvalue weighted by Crippen LogP contribution is 2.18. The summed E-state index contributed by atoms with van der Waals surface area (Å²) < 4.78 is 5.77. The second-order valence-electron chi connectivity index (χ2n) is 5.58. The van der Waals surface area contributed by atoms with Gasteiger partial charge in [-0.1, -0.05) is 26.7 Å². The van der Waals surface area contributed by atoms with Crippen LogP contribution in [0.5, 0.6) is 0 Å². The molecule has 0 spiro atoms. The molecule has 3 unspecified atom stereocenters. The first-order chi connectivity index (χ1) is 8.80. The Morgan fingerprint density at radius 1 is 1.28 bits per heavy atom. The number of hydrogen-bond acceptors (Lipinski definition) is 3. The highest BCUT2D eigenvalue weighted by Gasteiger charge is 2.22. The van der Waals surface area contributed by atoms with E-state index in [1.807, 2.05) is 0 Å². The van der Waals surface area contributed by atoms with E-state index in [0.717, 1.165) is 32.4 Å². The van der Waals surface area contributed by atoms with Crippen molar-refractivity contribution in [2.75, 3.05) is 19.8 Å². The lowest BCUT2D eigenvalue weighted by molar-refractivity contribution is -0.00389. The summed E-state index contributed by atoms with van der Waals surface area (Å²) in [5.74, 6) is 0.632. The summed E-state index contributed by atoms with van der Waals surface area (Å²) in [6, 6.07) is 0.619. The fourth-order valence-corrected chi connectivity index (χ4v) is 2.86. The van der Waals surface area contributed by atoms with E-state index >= 15 is 0 Å². The van der Waals surface area contributed by atoms with Gasteiger partial charge in [0.2, 0.25) is 0 Å². The van der Waals surface area contributed by atoms with Gasteiger partial charge in [-0.2, -0.15) is 0 Å². The fraction of sp³-hybridized carbons (Fsp3) is 1.00. The molecule has 0 saturated carbocycles. The molecule has 1 aliphatic rings. The normalized spacial score (nSPS) is 26.2.